The van der Waals surface area contributed by atoms with E-state index in [-0.39, 0.29) is 0 Å². The molecule has 1 aliphatic heterocycles. The lowest BCUT2D eigenvalue weighted by atomic mass is 10.1. The molecule has 0 bridgehead atoms. The molecule has 1 fully saturated rings. The second-order valence-electron chi connectivity index (χ2n) is 4.66. The van der Waals surface area contributed by atoms with Gasteiger partial charge in [-0.1, -0.05) is 29.3 Å². The van der Waals surface area contributed by atoms with E-state index in [9.17, 15) is 0 Å². The minimum absolute atomic E-state index is 0.469. The highest BCUT2D eigenvalue weighted by molar-refractivity contribution is 6.35. The number of benzene rings is 1. The van der Waals surface area contributed by atoms with Crippen LogP contribution in [0.5, 0.6) is 0 Å². The number of halogens is 2. The maximum Gasteiger partial charge on any atom is 0.0588 e. The van der Waals surface area contributed by atoms with Crippen molar-refractivity contribution in [1.82, 2.24) is 5.32 Å². The largest absolute Gasteiger partial charge is 0.378 e. The van der Waals surface area contributed by atoms with Crippen LogP contribution in [-0.4, -0.2) is 25.8 Å². The van der Waals surface area contributed by atoms with Crippen molar-refractivity contribution in [3.63, 3.8) is 0 Å². The van der Waals surface area contributed by atoms with Crippen molar-refractivity contribution in [1.29, 1.82) is 0 Å². The van der Waals surface area contributed by atoms with E-state index in [2.05, 4.69) is 5.32 Å². The summed E-state index contributed by atoms with van der Waals surface area (Å²) in [4.78, 5) is 0. The number of rotatable bonds is 6. The molecule has 100 valence electrons. The quantitative estimate of drug-likeness (QED) is 0.806. The first-order valence-corrected chi connectivity index (χ1v) is 7.27. The van der Waals surface area contributed by atoms with E-state index in [0.717, 1.165) is 43.1 Å². The van der Waals surface area contributed by atoms with Gasteiger partial charge >= 0.3 is 0 Å². The summed E-state index contributed by atoms with van der Waals surface area (Å²) in [6, 6.07) is 5.67. The third-order valence-corrected chi connectivity index (χ3v) is 3.84. The zero-order chi connectivity index (χ0) is 12.8. The molecule has 0 aromatic heterocycles. The van der Waals surface area contributed by atoms with Crippen LogP contribution in [0, 0.1) is 0 Å². The molecule has 1 heterocycles. The molecular formula is C14H19Cl2NO. The Morgan fingerprint density at radius 3 is 2.89 bits per heavy atom. The van der Waals surface area contributed by atoms with Crippen molar-refractivity contribution in [2.24, 2.45) is 0 Å². The lowest BCUT2D eigenvalue weighted by molar-refractivity contribution is 0.104. The van der Waals surface area contributed by atoms with E-state index in [1.165, 1.54) is 12.8 Å². The van der Waals surface area contributed by atoms with Gasteiger partial charge in [0.05, 0.1) is 6.10 Å². The minimum Gasteiger partial charge on any atom is -0.378 e. The standard InChI is InChI=1S/C14H19Cl2NO/c15-12-4-3-11(14(16)10-12)5-7-17-8-6-13-2-1-9-18-13/h3-4,10,13,17H,1-2,5-9H2. The number of nitrogens with one attached hydrogen (secondary N) is 1. The Bertz CT molecular complexity index is 378. The van der Waals surface area contributed by atoms with Gasteiger partial charge in [-0.3, -0.25) is 0 Å². The third kappa shape index (κ3) is 4.43. The summed E-state index contributed by atoms with van der Waals surface area (Å²) in [7, 11) is 0. The molecular weight excluding hydrogens is 269 g/mol. The van der Waals surface area contributed by atoms with E-state index in [0.29, 0.717) is 11.1 Å². The van der Waals surface area contributed by atoms with Crippen LogP contribution in [0.3, 0.4) is 0 Å². The van der Waals surface area contributed by atoms with Gasteiger partial charge in [0, 0.05) is 16.7 Å². The summed E-state index contributed by atoms with van der Waals surface area (Å²) in [5.41, 5.74) is 1.14. The molecule has 2 nitrogen and oxygen atoms in total. The van der Waals surface area contributed by atoms with Gasteiger partial charge in [-0.25, -0.2) is 0 Å². The molecule has 1 aliphatic rings. The fourth-order valence-corrected chi connectivity index (χ4v) is 2.71. The van der Waals surface area contributed by atoms with Gasteiger partial charge in [0.2, 0.25) is 0 Å². The summed E-state index contributed by atoms with van der Waals surface area (Å²) in [6.45, 7) is 2.88. The molecule has 0 saturated carbocycles. The monoisotopic (exact) mass is 287 g/mol. The van der Waals surface area contributed by atoms with Crippen molar-refractivity contribution in [2.75, 3.05) is 19.7 Å². The van der Waals surface area contributed by atoms with Crippen LogP contribution in [0.25, 0.3) is 0 Å². The van der Waals surface area contributed by atoms with Crippen LogP contribution in [0.15, 0.2) is 18.2 Å². The Labute approximate surface area is 119 Å². The average molecular weight is 288 g/mol. The van der Waals surface area contributed by atoms with Crippen molar-refractivity contribution in [2.45, 2.75) is 31.8 Å². The van der Waals surface area contributed by atoms with E-state index in [1.807, 2.05) is 12.1 Å². The van der Waals surface area contributed by atoms with Gasteiger partial charge in [-0.2, -0.15) is 0 Å². The van der Waals surface area contributed by atoms with Crippen LogP contribution in [0.4, 0.5) is 0 Å². The van der Waals surface area contributed by atoms with E-state index >= 15 is 0 Å². The maximum atomic E-state index is 6.11. The molecule has 0 amide bonds. The van der Waals surface area contributed by atoms with Gasteiger partial charge in [0.1, 0.15) is 0 Å². The fraction of sp³-hybridized carbons (Fsp3) is 0.571. The van der Waals surface area contributed by atoms with Gasteiger partial charge < -0.3 is 10.1 Å². The Morgan fingerprint density at radius 1 is 1.28 bits per heavy atom. The lowest BCUT2D eigenvalue weighted by Crippen LogP contribution is -2.22. The Kier molecular flexibility index (Phi) is 5.77. The van der Waals surface area contributed by atoms with E-state index in [1.54, 1.807) is 6.07 Å². The SMILES string of the molecule is Clc1ccc(CCNCCC2CCCO2)c(Cl)c1. The average Bonchev–Trinajstić information content (AvgIpc) is 2.84. The molecule has 1 unspecified atom stereocenters. The number of hydrogen-bond acceptors (Lipinski definition) is 2. The topological polar surface area (TPSA) is 21.3 Å². The zero-order valence-corrected chi connectivity index (χ0v) is 11.9. The summed E-state index contributed by atoms with van der Waals surface area (Å²) in [5, 5.41) is 4.87. The maximum absolute atomic E-state index is 6.11. The molecule has 4 heteroatoms. The summed E-state index contributed by atoms with van der Waals surface area (Å²) in [6.07, 6.45) is 4.93. The first-order valence-electron chi connectivity index (χ1n) is 6.52. The van der Waals surface area contributed by atoms with Gasteiger partial charge in [0.15, 0.2) is 0 Å². The van der Waals surface area contributed by atoms with Crippen molar-refractivity contribution in [3.8, 4) is 0 Å². The van der Waals surface area contributed by atoms with Gasteiger partial charge in [0.25, 0.3) is 0 Å². The van der Waals surface area contributed by atoms with Crippen LogP contribution in [-0.2, 0) is 11.2 Å². The lowest BCUT2D eigenvalue weighted by Gasteiger charge is -2.10. The fourth-order valence-electron chi connectivity index (χ4n) is 2.21. The predicted octanol–water partition coefficient (Wildman–Crippen LogP) is 3.69. The van der Waals surface area contributed by atoms with E-state index < -0.39 is 0 Å². The van der Waals surface area contributed by atoms with Gasteiger partial charge in [-0.05, 0) is 56.5 Å². The molecule has 1 aromatic rings. The molecule has 1 saturated heterocycles. The van der Waals surface area contributed by atoms with Crippen LogP contribution in [0.2, 0.25) is 10.0 Å². The van der Waals surface area contributed by atoms with E-state index in [4.69, 9.17) is 27.9 Å². The van der Waals surface area contributed by atoms with Crippen molar-refractivity contribution in [3.05, 3.63) is 33.8 Å². The Hall–Kier alpha value is -0.280. The molecule has 0 spiro atoms. The molecule has 2 rings (SSSR count). The zero-order valence-electron chi connectivity index (χ0n) is 10.4. The summed E-state index contributed by atoms with van der Waals surface area (Å²) < 4.78 is 5.57. The van der Waals surface area contributed by atoms with Crippen molar-refractivity contribution >= 4 is 23.2 Å². The Morgan fingerprint density at radius 2 is 2.17 bits per heavy atom. The molecule has 1 aromatic carbocycles. The van der Waals surface area contributed by atoms with Crippen LogP contribution < -0.4 is 5.32 Å². The first kappa shape index (κ1) is 14.1. The number of ether oxygens (including phenoxy) is 1. The second-order valence-corrected chi connectivity index (χ2v) is 5.50. The van der Waals surface area contributed by atoms with Gasteiger partial charge in [-0.15, -0.1) is 0 Å². The predicted molar refractivity (Wildman–Crippen MR) is 76.6 cm³/mol. The normalized spacial score (nSPS) is 19.3. The number of hydrogen-bond donors (Lipinski definition) is 1. The minimum atomic E-state index is 0.469. The van der Waals surface area contributed by atoms with Crippen molar-refractivity contribution < 1.29 is 4.74 Å². The summed E-state index contributed by atoms with van der Waals surface area (Å²) >= 11 is 12.0. The first-order chi connectivity index (χ1) is 8.75. The third-order valence-electron chi connectivity index (χ3n) is 3.25. The van der Waals surface area contributed by atoms with Crippen LogP contribution in [0.1, 0.15) is 24.8 Å². The molecule has 18 heavy (non-hydrogen) atoms. The molecule has 0 radical (unpaired) electrons. The Balaban J connectivity index is 1.62. The highest BCUT2D eigenvalue weighted by Gasteiger charge is 2.14. The second kappa shape index (κ2) is 7.34. The van der Waals surface area contributed by atoms with Crippen LogP contribution >= 0.6 is 23.2 Å². The molecule has 0 aliphatic carbocycles. The molecule has 1 N–H and O–H groups in total. The summed E-state index contributed by atoms with van der Waals surface area (Å²) in [5.74, 6) is 0. The highest BCUT2D eigenvalue weighted by Crippen LogP contribution is 2.21. The molecule has 1 atom stereocenters. The highest BCUT2D eigenvalue weighted by atomic mass is 35.5. The smallest absolute Gasteiger partial charge is 0.0588 e.